The highest BCUT2D eigenvalue weighted by Crippen LogP contribution is 2.25. The Balaban J connectivity index is 1.89. The number of primary amides is 1. The van der Waals surface area contributed by atoms with Gasteiger partial charge in [0.15, 0.2) is 11.7 Å². The summed E-state index contributed by atoms with van der Waals surface area (Å²) in [5.41, 5.74) is 5.27. The molecule has 2 aromatic rings. The number of ether oxygens (including phenoxy) is 1. The molecule has 0 atom stereocenters. The topological polar surface area (TPSA) is 102 Å². The number of hydrogen-bond donors (Lipinski definition) is 2. The molecule has 0 unspecified atom stereocenters. The van der Waals surface area contributed by atoms with Crippen LogP contribution < -0.4 is 20.7 Å². The SMILES string of the molecule is NC(=O)COc1ccc(/C=C2/C(=O)NC(=S)N(c3ccccc3F)C2=O)cc1. The van der Waals surface area contributed by atoms with E-state index in [0.29, 0.717) is 11.3 Å². The second-order valence-corrected chi connectivity index (χ2v) is 6.12. The molecular weight excluding hydrogens is 385 g/mol. The molecule has 0 aliphatic carbocycles. The maximum atomic E-state index is 14.1. The van der Waals surface area contributed by atoms with Gasteiger partial charge in [0.25, 0.3) is 17.7 Å². The van der Waals surface area contributed by atoms with Crippen molar-refractivity contribution in [1.82, 2.24) is 5.32 Å². The highest BCUT2D eigenvalue weighted by molar-refractivity contribution is 7.80. The van der Waals surface area contributed by atoms with E-state index in [9.17, 15) is 18.8 Å². The average molecular weight is 399 g/mol. The summed E-state index contributed by atoms with van der Waals surface area (Å²) in [6, 6.07) is 11.9. The van der Waals surface area contributed by atoms with E-state index in [2.05, 4.69) is 5.32 Å². The van der Waals surface area contributed by atoms with Gasteiger partial charge < -0.3 is 10.5 Å². The Morgan fingerprint density at radius 1 is 1.18 bits per heavy atom. The number of para-hydroxylation sites is 1. The zero-order valence-corrected chi connectivity index (χ0v) is 15.2. The maximum Gasteiger partial charge on any atom is 0.270 e. The highest BCUT2D eigenvalue weighted by atomic mass is 32.1. The lowest BCUT2D eigenvalue weighted by molar-refractivity contribution is -0.122. The first-order chi connectivity index (χ1) is 13.4. The molecule has 0 radical (unpaired) electrons. The number of nitrogens with zero attached hydrogens (tertiary/aromatic N) is 1. The lowest BCUT2D eigenvalue weighted by atomic mass is 10.1. The summed E-state index contributed by atoms with van der Waals surface area (Å²) in [6.07, 6.45) is 1.35. The smallest absolute Gasteiger partial charge is 0.270 e. The minimum atomic E-state index is -0.743. The van der Waals surface area contributed by atoms with Gasteiger partial charge in [-0.15, -0.1) is 0 Å². The normalized spacial score (nSPS) is 15.5. The number of nitrogens with two attached hydrogens (primary N) is 1. The van der Waals surface area contributed by atoms with Gasteiger partial charge >= 0.3 is 0 Å². The van der Waals surface area contributed by atoms with E-state index in [1.165, 1.54) is 24.3 Å². The lowest BCUT2D eigenvalue weighted by Crippen LogP contribution is -2.54. The number of nitrogens with one attached hydrogen (secondary N) is 1. The van der Waals surface area contributed by atoms with Gasteiger partial charge in [0.05, 0.1) is 5.69 Å². The number of thiocarbonyl (C=S) groups is 1. The molecule has 3 amide bonds. The fourth-order valence-corrected chi connectivity index (χ4v) is 2.76. The van der Waals surface area contributed by atoms with E-state index in [1.54, 1.807) is 30.3 Å². The molecule has 1 fully saturated rings. The molecule has 0 bridgehead atoms. The first-order valence-corrected chi connectivity index (χ1v) is 8.45. The number of hydrogen-bond acceptors (Lipinski definition) is 5. The molecule has 0 aromatic heterocycles. The van der Waals surface area contributed by atoms with Crippen molar-refractivity contribution in [2.45, 2.75) is 0 Å². The van der Waals surface area contributed by atoms with Crippen LogP contribution in [-0.2, 0) is 14.4 Å². The van der Waals surface area contributed by atoms with Gasteiger partial charge in [-0.3, -0.25) is 19.7 Å². The Bertz CT molecular complexity index is 1000. The molecule has 9 heteroatoms. The minimum Gasteiger partial charge on any atom is -0.484 e. The van der Waals surface area contributed by atoms with Gasteiger partial charge in [-0.1, -0.05) is 24.3 Å². The molecule has 1 aliphatic heterocycles. The van der Waals surface area contributed by atoms with E-state index in [0.717, 1.165) is 4.90 Å². The van der Waals surface area contributed by atoms with Gasteiger partial charge in [-0.05, 0) is 48.1 Å². The minimum absolute atomic E-state index is 0.0569. The van der Waals surface area contributed by atoms with E-state index < -0.39 is 23.5 Å². The van der Waals surface area contributed by atoms with Crippen LogP contribution in [0.5, 0.6) is 5.75 Å². The summed E-state index contributed by atoms with van der Waals surface area (Å²) in [7, 11) is 0. The van der Waals surface area contributed by atoms with E-state index in [-0.39, 0.29) is 23.0 Å². The van der Waals surface area contributed by atoms with Crippen molar-refractivity contribution in [2.24, 2.45) is 5.73 Å². The average Bonchev–Trinajstić information content (AvgIpc) is 2.65. The van der Waals surface area contributed by atoms with Gasteiger partial charge in [-0.25, -0.2) is 9.29 Å². The monoisotopic (exact) mass is 399 g/mol. The molecule has 1 aliphatic rings. The van der Waals surface area contributed by atoms with Crippen molar-refractivity contribution >= 4 is 46.8 Å². The Labute approximate surface area is 164 Å². The molecule has 0 spiro atoms. The zero-order valence-electron chi connectivity index (χ0n) is 14.3. The fraction of sp³-hybridized carbons (Fsp3) is 0.0526. The molecule has 0 saturated carbocycles. The summed E-state index contributed by atoms with van der Waals surface area (Å²) in [5.74, 6) is -2.29. The van der Waals surface area contributed by atoms with Crippen LogP contribution in [0.2, 0.25) is 0 Å². The van der Waals surface area contributed by atoms with Crippen LogP contribution in [0.1, 0.15) is 5.56 Å². The number of halogens is 1. The summed E-state index contributed by atoms with van der Waals surface area (Å²) in [5, 5.41) is 2.19. The first-order valence-electron chi connectivity index (χ1n) is 8.04. The van der Waals surface area contributed by atoms with Crippen molar-refractivity contribution < 1.29 is 23.5 Å². The molecule has 28 heavy (non-hydrogen) atoms. The largest absolute Gasteiger partial charge is 0.484 e. The van der Waals surface area contributed by atoms with Crippen LogP contribution >= 0.6 is 12.2 Å². The van der Waals surface area contributed by atoms with Gasteiger partial charge in [-0.2, -0.15) is 0 Å². The predicted octanol–water partition coefficient (Wildman–Crippen LogP) is 1.52. The number of carbonyl (C=O) groups excluding carboxylic acids is 3. The van der Waals surface area contributed by atoms with Crippen molar-refractivity contribution in [3.8, 4) is 5.75 Å². The van der Waals surface area contributed by atoms with Crippen molar-refractivity contribution in [1.29, 1.82) is 0 Å². The van der Waals surface area contributed by atoms with Crippen LogP contribution in [0.15, 0.2) is 54.1 Å². The molecular formula is C19H14FN3O4S. The molecule has 1 heterocycles. The first kappa shape index (κ1) is 19.2. The third kappa shape index (κ3) is 4.04. The molecule has 7 nitrogen and oxygen atoms in total. The lowest BCUT2D eigenvalue weighted by Gasteiger charge is -2.29. The van der Waals surface area contributed by atoms with Gasteiger partial charge in [0.1, 0.15) is 17.1 Å². The summed E-state index contributed by atoms with van der Waals surface area (Å²) in [4.78, 5) is 36.7. The van der Waals surface area contributed by atoms with E-state index in [4.69, 9.17) is 22.7 Å². The van der Waals surface area contributed by atoms with Crippen molar-refractivity contribution in [2.75, 3.05) is 11.5 Å². The fourth-order valence-electron chi connectivity index (χ4n) is 2.49. The second kappa shape index (κ2) is 7.97. The van der Waals surface area contributed by atoms with Crippen LogP contribution in [-0.4, -0.2) is 29.4 Å². The Kier molecular flexibility index (Phi) is 5.46. The Morgan fingerprint density at radius 2 is 1.86 bits per heavy atom. The number of carbonyl (C=O) groups is 3. The highest BCUT2D eigenvalue weighted by Gasteiger charge is 2.35. The molecule has 3 rings (SSSR count). The third-order valence-electron chi connectivity index (χ3n) is 3.77. The summed E-state index contributed by atoms with van der Waals surface area (Å²) >= 11 is 5.03. The second-order valence-electron chi connectivity index (χ2n) is 5.73. The zero-order chi connectivity index (χ0) is 20.3. The van der Waals surface area contributed by atoms with E-state index in [1.807, 2.05) is 0 Å². The van der Waals surface area contributed by atoms with Gasteiger partial charge in [0, 0.05) is 0 Å². The molecule has 142 valence electrons. The molecule has 2 aromatic carbocycles. The summed E-state index contributed by atoms with van der Waals surface area (Å²) in [6.45, 7) is -0.267. The quantitative estimate of drug-likeness (QED) is 0.451. The summed E-state index contributed by atoms with van der Waals surface area (Å²) < 4.78 is 19.3. The number of amides is 3. The number of anilines is 1. The van der Waals surface area contributed by atoms with Crippen LogP contribution in [0.3, 0.4) is 0 Å². The van der Waals surface area contributed by atoms with Crippen LogP contribution in [0.4, 0.5) is 10.1 Å². The number of benzene rings is 2. The molecule has 3 N–H and O–H groups in total. The van der Waals surface area contributed by atoms with Crippen molar-refractivity contribution in [3.05, 3.63) is 65.5 Å². The Hall–Kier alpha value is -3.59. The van der Waals surface area contributed by atoms with Crippen LogP contribution in [0.25, 0.3) is 6.08 Å². The van der Waals surface area contributed by atoms with Crippen molar-refractivity contribution in [3.63, 3.8) is 0 Å². The Morgan fingerprint density at radius 3 is 2.50 bits per heavy atom. The van der Waals surface area contributed by atoms with Gasteiger partial charge in [0.2, 0.25) is 0 Å². The standard InChI is InChI=1S/C19H14FN3O4S/c20-14-3-1-2-4-15(14)23-18(26)13(17(25)22-19(23)28)9-11-5-7-12(8-6-11)27-10-16(21)24/h1-9H,10H2,(H2,21,24)(H,22,25,28)/b13-9-. The maximum absolute atomic E-state index is 14.1. The van der Waals surface area contributed by atoms with E-state index >= 15 is 0 Å². The predicted molar refractivity (Wildman–Crippen MR) is 104 cm³/mol. The molecule has 1 saturated heterocycles. The third-order valence-corrected chi connectivity index (χ3v) is 4.05. The number of rotatable bonds is 5. The van der Waals surface area contributed by atoms with Crippen LogP contribution in [0, 0.1) is 5.82 Å².